The monoisotopic (exact) mass is 394 g/mol. The number of aromatic hydroxyl groups is 1. The van der Waals surface area contributed by atoms with Crippen molar-refractivity contribution in [3.05, 3.63) is 66.2 Å². The highest BCUT2D eigenvalue weighted by Crippen LogP contribution is 2.25. The molecule has 0 spiro atoms. The molecule has 0 saturated carbocycles. The zero-order chi connectivity index (χ0) is 20.8. The Morgan fingerprint density at radius 3 is 2.28 bits per heavy atom. The molecule has 8 heteroatoms. The van der Waals surface area contributed by atoms with Gasteiger partial charge in [-0.2, -0.15) is 0 Å². The molecule has 0 aliphatic heterocycles. The summed E-state index contributed by atoms with van der Waals surface area (Å²) in [5.41, 5.74) is 0.383. The number of phenols is 1. The Balaban J connectivity index is 1.53. The molecule has 0 aliphatic carbocycles. The number of hydrogen-bond donors (Lipinski definition) is 3. The number of methoxy groups -OCH3 is 1. The Kier molecular flexibility index (Phi) is 5.94. The third-order valence-electron chi connectivity index (χ3n) is 4.02. The standard InChI is InChI=1S/C21H18N2O6/c1-28-16-8-6-15(7-9-16)22-21(27)23-19(25)12-29-20(26)17-10-13-4-2-3-5-14(13)11-18(17)24/h2-11,24H,12H2,1H3,(H2,22,23,25,27). The molecule has 0 bridgehead atoms. The zero-order valence-electron chi connectivity index (χ0n) is 15.5. The van der Waals surface area contributed by atoms with Gasteiger partial charge in [-0.3, -0.25) is 10.1 Å². The van der Waals surface area contributed by atoms with Gasteiger partial charge in [0.2, 0.25) is 0 Å². The zero-order valence-corrected chi connectivity index (χ0v) is 15.5. The van der Waals surface area contributed by atoms with Gasteiger partial charge in [0, 0.05) is 5.69 Å². The van der Waals surface area contributed by atoms with E-state index < -0.39 is 24.5 Å². The number of anilines is 1. The number of carbonyl (C=O) groups is 3. The number of amides is 3. The number of benzene rings is 3. The van der Waals surface area contributed by atoms with Crippen molar-refractivity contribution in [3.63, 3.8) is 0 Å². The molecule has 0 atom stereocenters. The first-order chi connectivity index (χ1) is 14.0. The van der Waals surface area contributed by atoms with E-state index in [2.05, 4.69) is 5.32 Å². The van der Waals surface area contributed by atoms with E-state index in [9.17, 15) is 19.5 Å². The molecule has 0 saturated heterocycles. The van der Waals surface area contributed by atoms with Crippen LogP contribution in [0.1, 0.15) is 10.4 Å². The lowest BCUT2D eigenvalue weighted by Gasteiger charge is -2.09. The van der Waals surface area contributed by atoms with Crippen molar-refractivity contribution >= 4 is 34.4 Å². The molecule has 0 unspecified atom stereocenters. The van der Waals surface area contributed by atoms with Gasteiger partial charge in [-0.05, 0) is 47.2 Å². The topological polar surface area (TPSA) is 114 Å². The lowest BCUT2D eigenvalue weighted by molar-refractivity contribution is -0.123. The van der Waals surface area contributed by atoms with Gasteiger partial charge in [0.1, 0.15) is 17.1 Å². The second-order valence-electron chi connectivity index (χ2n) is 6.02. The molecule has 0 fully saturated rings. The maximum atomic E-state index is 12.2. The molecule has 8 nitrogen and oxygen atoms in total. The highest BCUT2D eigenvalue weighted by atomic mass is 16.5. The van der Waals surface area contributed by atoms with Crippen molar-refractivity contribution < 1.29 is 29.0 Å². The largest absolute Gasteiger partial charge is 0.507 e. The van der Waals surface area contributed by atoms with Crippen LogP contribution in [0, 0.1) is 0 Å². The van der Waals surface area contributed by atoms with Gasteiger partial charge in [0.15, 0.2) is 6.61 Å². The minimum atomic E-state index is -0.876. The molecule has 0 heterocycles. The SMILES string of the molecule is COc1ccc(NC(=O)NC(=O)COC(=O)c2cc3ccccc3cc2O)cc1. The molecular formula is C21H18N2O6. The summed E-state index contributed by atoms with van der Waals surface area (Å²) in [4.78, 5) is 35.9. The van der Waals surface area contributed by atoms with Crippen LogP contribution in [-0.4, -0.2) is 36.7 Å². The van der Waals surface area contributed by atoms with Crippen molar-refractivity contribution in [2.75, 3.05) is 19.0 Å². The summed E-state index contributed by atoms with van der Waals surface area (Å²) in [7, 11) is 1.52. The first kappa shape index (κ1) is 19.7. The molecule has 29 heavy (non-hydrogen) atoms. The van der Waals surface area contributed by atoms with Crippen LogP contribution in [0.5, 0.6) is 11.5 Å². The van der Waals surface area contributed by atoms with Gasteiger partial charge >= 0.3 is 12.0 Å². The van der Waals surface area contributed by atoms with E-state index in [4.69, 9.17) is 9.47 Å². The van der Waals surface area contributed by atoms with Crippen molar-refractivity contribution in [1.29, 1.82) is 0 Å². The summed E-state index contributed by atoms with van der Waals surface area (Å²) in [6, 6.07) is 15.8. The molecule has 0 radical (unpaired) electrons. The minimum Gasteiger partial charge on any atom is -0.507 e. The highest BCUT2D eigenvalue weighted by Gasteiger charge is 2.16. The molecule has 3 aromatic rings. The van der Waals surface area contributed by atoms with Gasteiger partial charge < -0.3 is 19.9 Å². The Labute approximate surface area is 166 Å². The summed E-state index contributed by atoms with van der Waals surface area (Å²) < 4.78 is 9.91. The summed E-state index contributed by atoms with van der Waals surface area (Å²) in [6.07, 6.45) is 0. The molecule has 3 rings (SSSR count). The number of urea groups is 1. The second-order valence-corrected chi connectivity index (χ2v) is 6.02. The van der Waals surface area contributed by atoms with Crippen LogP contribution < -0.4 is 15.4 Å². The fourth-order valence-corrected chi connectivity index (χ4v) is 2.60. The van der Waals surface area contributed by atoms with Gasteiger partial charge in [0.05, 0.1) is 7.11 Å². The Hall–Kier alpha value is -4.07. The number of rotatable bonds is 5. The average molecular weight is 394 g/mol. The maximum Gasteiger partial charge on any atom is 0.342 e. The van der Waals surface area contributed by atoms with Crippen LogP contribution in [0.3, 0.4) is 0 Å². The smallest absolute Gasteiger partial charge is 0.342 e. The van der Waals surface area contributed by atoms with E-state index in [0.29, 0.717) is 11.4 Å². The van der Waals surface area contributed by atoms with Crippen LogP contribution >= 0.6 is 0 Å². The van der Waals surface area contributed by atoms with E-state index in [1.165, 1.54) is 19.2 Å². The van der Waals surface area contributed by atoms with Crippen LogP contribution in [-0.2, 0) is 9.53 Å². The van der Waals surface area contributed by atoms with E-state index in [-0.39, 0.29) is 11.3 Å². The van der Waals surface area contributed by atoms with Crippen LogP contribution in [0.4, 0.5) is 10.5 Å². The number of esters is 1. The van der Waals surface area contributed by atoms with E-state index >= 15 is 0 Å². The molecular weight excluding hydrogens is 376 g/mol. The summed E-state index contributed by atoms with van der Waals surface area (Å²) in [5, 5.41) is 16.0. The summed E-state index contributed by atoms with van der Waals surface area (Å²) in [5.74, 6) is -1.33. The normalized spacial score (nSPS) is 10.2. The third-order valence-corrected chi connectivity index (χ3v) is 4.02. The first-order valence-corrected chi connectivity index (χ1v) is 8.60. The summed E-state index contributed by atoms with van der Waals surface area (Å²) >= 11 is 0. The van der Waals surface area contributed by atoms with Gasteiger partial charge in [-0.1, -0.05) is 24.3 Å². The maximum absolute atomic E-state index is 12.2. The molecule has 0 aromatic heterocycles. The van der Waals surface area contributed by atoms with Crippen molar-refractivity contribution in [2.24, 2.45) is 0 Å². The first-order valence-electron chi connectivity index (χ1n) is 8.60. The molecule has 3 aromatic carbocycles. The lowest BCUT2D eigenvalue weighted by atomic mass is 10.1. The molecule has 3 N–H and O–H groups in total. The van der Waals surface area contributed by atoms with Crippen LogP contribution in [0.15, 0.2) is 60.7 Å². The minimum absolute atomic E-state index is 0.0702. The molecule has 148 valence electrons. The quantitative estimate of drug-likeness (QED) is 0.573. The lowest BCUT2D eigenvalue weighted by Crippen LogP contribution is -2.37. The molecule has 0 aliphatic rings. The Morgan fingerprint density at radius 2 is 1.62 bits per heavy atom. The summed E-state index contributed by atoms with van der Waals surface area (Å²) in [6.45, 7) is -0.679. The van der Waals surface area contributed by atoms with Gasteiger partial charge in [-0.15, -0.1) is 0 Å². The van der Waals surface area contributed by atoms with Crippen molar-refractivity contribution in [2.45, 2.75) is 0 Å². The van der Waals surface area contributed by atoms with Gasteiger partial charge in [-0.25, -0.2) is 9.59 Å². The number of nitrogens with one attached hydrogen (secondary N) is 2. The number of phenolic OH excluding ortho intramolecular Hbond substituents is 1. The fourth-order valence-electron chi connectivity index (χ4n) is 2.60. The number of fused-ring (bicyclic) bond motifs is 1. The third kappa shape index (κ3) is 5.01. The van der Waals surface area contributed by atoms with Crippen molar-refractivity contribution in [3.8, 4) is 11.5 Å². The Morgan fingerprint density at radius 1 is 0.966 bits per heavy atom. The van der Waals surface area contributed by atoms with Gasteiger partial charge in [0.25, 0.3) is 5.91 Å². The number of carbonyl (C=O) groups excluding carboxylic acids is 3. The average Bonchev–Trinajstić information content (AvgIpc) is 2.72. The second kappa shape index (κ2) is 8.75. The predicted octanol–water partition coefficient (Wildman–Crippen LogP) is 3.06. The number of ether oxygens (including phenoxy) is 2. The van der Waals surface area contributed by atoms with E-state index in [1.807, 2.05) is 5.32 Å². The van der Waals surface area contributed by atoms with E-state index in [1.54, 1.807) is 48.5 Å². The van der Waals surface area contributed by atoms with Crippen molar-refractivity contribution in [1.82, 2.24) is 5.32 Å². The number of hydrogen-bond acceptors (Lipinski definition) is 6. The number of imide groups is 1. The van der Waals surface area contributed by atoms with Crippen LogP contribution in [0.2, 0.25) is 0 Å². The highest BCUT2D eigenvalue weighted by molar-refractivity contribution is 6.03. The Bertz CT molecular complexity index is 1060. The molecule has 3 amide bonds. The predicted molar refractivity (Wildman–Crippen MR) is 106 cm³/mol. The van der Waals surface area contributed by atoms with Crippen LogP contribution in [0.25, 0.3) is 10.8 Å². The fraction of sp³-hybridized carbons (Fsp3) is 0.0952. The van der Waals surface area contributed by atoms with E-state index in [0.717, 1.165) is 10.8 Å².